The minimum atomic E-state index is -1.03. The number of methoxy groups -OCH3 is 2. The molecular weight excluding hydrogens is 552 g/mol. The van der Waals surface area contributed by atoms with Crippen molar-refractivity contribution in [1.82, 2.24) is 10.2 Å². The molecule has 2 bridgehead atoms. The highest BCUT2D eigenvalue weighted by atomic mass is 16.5. The standard InChI is InChI=1S/C32H34N4O4.C4H8/c1-19-15-23-26-16-22(24-17-33-30(37)28(23)24)21-13-9-10-14-25(21)34-32(2,40-5)29(39-4)27(18-36(19)26)35(3)31(38)20-11-7-6-8-12-20;1-3-4-2/h6-14,16,27,29,34H,1,15,17-18H2,2-5H3,(H,33,37);3-4H,1-2H3/b;4-3-/t27?,29?,32-;/m0./s1. The maximum Gasteiger partial charge on any atom is 0.253 e. The zero-order valence-corrected chi connectivity index (χ0v) is 26.4. The van der Waals surface area contributed by atoms with Crippen molar-refractivity contribution in [3.8, 4) is 11.1 Å². The second-order valence-electron chi connectivity index (χ2n) is 11.5. The third kappa shape index (κ3) is 5.40. The van der Waals surface area contributed by atoms with Gasteiger partial charge in [-0.2, -0.15) is 0 Å². The van der Waals surface area contributed by atoms with Crippen molar-refractivity contribution in [2.75, 3.05) is 38.0 Å². The first-order valence-corrected chi connectivity index (χ1v) is 15.0. The number of hydrogen-bond donors (Lipinski definition) is 2. The Hall–Kier alpha value is -4.40. The highest BCUT2D eigenvalue weighted by Crippen LogP contribution is 2.46. The Bertz CT molecular complexity index is 1600. The van der Waals surface area contributed by atoms with Crippen LogP contribution in [-0.4, -0.2) is 62.4 Å². The minimum absolute atomic E-state index is 0.0625. The summed E-state index contributed by atoms with van der Waals surface area (Å²) in [6.07, 6.45) is 3.97. The Kier molecular flexibility index (Phi) is 8.95. The van der Waals surface area contributed by atoms with Gasteiger partial charge in [0.1, 0.15) is 6.10 Å². The van der Waals surface area contributed by atoms with Crippen molar-refractivity contribution in [3.63, 3.8) is 0 Å². The van der Waals surface area contributed by atoms with Crippen LogP contribution in [0.25, 0.3) is 11.1 Å². The molecule has 3 aromatic rings. The molecule has 8 nitrogen and oxygen atoms in total. The molecule has 2 amide bonds. The predicted molar refractivity (Wildman–Crippen MR) is 176 cm³/mol. The maximum absolute atomic E-state index is 13.8. The third-order valence-electron chi connectivity index (χ3n) is 8.94. The fraction of sp³-hybridized carbons (Fsp3) is 0.333. The fourth-order valence-electron chi connectivity index (χ4n) is 6.45. The van der Waals surface area contributed by atoms with E-state index in [1.165, 1.54) is 0 Å². The molecule has 0 saturated carbocycles. The van der Waals surface area contributed by atoms with Gasteiger partial charge in [-0.3, -0.25) is 9.59 Å². The van der Waals surface area contributed by atoms with E-state index >= 15 is 0 Å². The number of fused-ring (bicyclic) bond motifs is 6. The van der Waals surface area contributed by atoms with Crippen LogP contribution in [0, 0.1) is 0 Å². The summed E-state index contributed by atoms with van der Waals surface area (Å²) in [6, 6.07) is 19.0. The number of likely N-dealkylation sites (N-methyl/N-ethyl adjacent to an activating group) is 1. The van der Waals surface area contributed by atoms with Crippen molar-refractivity contribution in [2.45, 2.75) is 51.6 Å². The number of allylic oxidation sites excluding steroid dienone is 3. The Balaban J connectivity index is 0.000000906. The summed E-state index contributed by atoms with van der Waals surface area (Å²) in [5.74, 6) is -0.187. The molecule has 0 radical (unpaired) electrons. The van der Waals surface area contributed by atoms with E-state index in [-0.39, 0.29) is 11.8 Å². The molecule has 0 fully saturated rings. The van der Waals surface area contributed by atoms with Gasteiger partial charge in [-0.05, 0) is 61.7 Å². The molecule has 3 aromatic carbocycles. The molecule has 44 heavy (non-hydrogen) atoms. The van der Waals surface area contributed by atoms with E-state index in [9.17, 15) is 9.59 Å². The van der Waals surface area contributed by atoms with E-state index in [1.807, 2.05) is 81.5 Å². The summed E-state index contributed by atoms with van der Waals surface area (Å²) in [5, 5.41) is 6.66. The summed E-state index contributed by atoms with van der Waals surface area (Å²) in [4.78, 5) is 30.8. The summed E-state index contributed by atoms with van der Waals surface area (Å²) in [5.41, 5.74) is 6.84. The van der Waals surface area contributed by atoms with E-state index in [0.717, 1.165) is 44.9 Å². The number of nitrogens with one attached hydrogen (secondary N) is 2. The van der Waals surface area contributed by atoms with Crippen molar-refractivity contribution < 1.29 is 19.1 Å². The van der Waals surface area contributed by atoms with Gasteiger partial charge in [0.2, 0.25) is 0 Å². The first kappa shape index (κ1) is 31.0. The van der Waals surface area contributed by atoms with Gasteiger partial charge in [0.05, 0.1) is 11.6 Å². The molecule has 6 rings (SSSR count). The molecule has 3 atom stereocenters. The van der Waals surface area contributed by atoms with Crippen molar-refractivity contribution in [2.24, 2.45) is 0 Å². The topological polar surface area (TPSA) is 83.1 Å². The first-order chi connectivity index (χ1) is 21.2. The lowest BCUT2D eigenvalue weighted by Crippen LogP contribution is -2.62. The van der Waals surface area contributed by atoms with Crippen LogP contribution < -0.4 is 15.5 Å². The van der Waals surface area contributed by atoms with Crippen LogP contribution in [0.3, 0.4) is 0 Å². The molecule has 3 heterocycles. The molecule has 2 N–H and O–H groups in total. The number of rotatable bonds is 4. The Morgan fingerprint density at radius 3 is 2.39 bits per heavy atom. The number of hydrogen-bond acceptors (Lipinski definition) is 6. The van der Waals surface area contributed by atoms with Gasteiger partial charge in [0.25, 0.3) is 11.8 Å². The molecule has 0 aliphatic carbocycles. The van der Waals surface area contributed by atoms with Crippen LogP contribution in [0.1, 0.15) is 52.6 Å². The van der Waals surface area contributed by atoms with Crippen molar-refractivity contribution >= 4 is 23.2 Å². The average molecular weight is 595 g/mol. The monoisotopic (exact) mass is 594 g/mol. The van der Waals surface area contributed by atoms with E-state index in [1.54, 1.807) is 26.2 Å². The SMILES string of the molecule is C/C=C\C.C=C1Cc2c3cc(c4c2C(=O)NC4)-c2ccccc2N[C@@](C)(OC)C(OC)C(N(C)C(=O)c2ccccc2)CN13. The number of amides is 2. The number of carbonyl (C=O) groups excluding carboxylic acids is 2. The molecular formula is C36H42N4O4. The first-order valence-electron chi connectivity index (χ1n) is 15.0. The third-order valence-corrected chi connectivity index (χ3v) is 8.94. The molecule has 0 aromatic heterocycles. The number of carbonyl (C=O) groups is 2. The van der Waals surface area contributed by atoms with E-state index in [2.05, 4.69) is 34.2 Å². The van der Waals surface area contributed by atoms with E-state index < -0.39 is 17.9 Å². The van der Waals surface area contributed by atoms with Crippen LogP contribution in [0.4, 0.5) is 11.4 Å². The lowest BCUT2D eigenvalue weighted by molar-refractivity contribution is -0.113. The van der Waals surface area contributed by atoms with Crippen LogP contribution in [0.5, 0.6) is 0 Å². The number of para-hydroxylation sites is 1. The van der Waals surface area contributed by atoms with Gasteiger partial charge in [-0.15, -0.1) is 0 Å². The maximum atomic E-state index is 13.8. The smallest absolute Gasteiger partial charge is 0.253 e. The molecule has 0 saturated heterocycles. The van der Waals surface area contributed by atoms with Gasteiger partial charge in [0, 0.05) is 69.0 Å². The summed E-state index contributed by atoms with van der Waals surface area (Å²) in [7, 11) is 5.09. The Morgan fingerprint density at radius 1 is 1.05 bits per heavy atom. The quantitative estimate of drug-likeness (QED) is 0.361. The minimum Gasteiger partial charge on any atom is -0.374 e. The predicted octanol–water partition coefficient (Wildman–Crippen LogP) is 6.00. The van der Waals surface area contributed by atoms with Gasteiger partial charge >= 0.3 is 0 Å². The van der Waals surface area contributed by atoms with Crippen LogP contribution in [-0.2, 0) is 22.4 Å². The van der Waals surface area contributed by atoms with Gasteiger partial charge < -0.3 is 29.9 Å². The molecule has 230 valence electrons. The Morgan fingerprint density at radius 2 is 1.73 bits per heavy atom. The second kappa shape index (κ2) is 12.7. The molecule has 8 heteroatoms. The normalized spacial score (nSPS) is 21.8. The zero-order valence-electron chi connectivity index (χ0n) is 26.4. The van der Waals surface area contributed by atoms with Gasteiger partial charge in [0.15, 0.2) is 5.72 Å². The number of anilines is 2. The Labute approximate surface area is 260 Å². The zero-order chi connectivity index (χ0) is 31.6. The molecule has 3 aliphatic heterocycles. The highest BCUT2D eigenvalue weighted by molar-refractivity contribution is 6.05. The summed E-state index contributed by atoms with van der Waals surface area (Å²) >= 11 is 0. The lowest BCUT2D eigenvalue weighted by Gasteiger charge is -2.45. The van der Waals surface area contributed by atoms with E-state index in [4.69, 9.17) is 9.47 Å². The van der Waals surface area contributed by atoms with Crippen LogP contribution in [0.15, 0.2) is 85.1 Å². The number of benzene rings is 3. The molecule has 3 aliphatic rings. The molecule has 2 unspecified atom stereocenters. The highest BCUT2D eigenvalue weighted by Gasteiger charge is 2.46. The van der Waals surface area contributed by atoms with Gasteiger partial charge in [-0.25, -0.2) is 0 Å². The fourth-order valence-corrected chi connectivity index (χ4v) is 6.45. The van der Waals surface area contributed by atoms with E-state index in [0.29, 0.717) is 25.1 Å². The second-order valence-corrected chi connectivity index (χ2v) is 11.5. The summed E-state index contributed by atoms with van der Waals surface area (Å²) in [6.45, 7) is 11.2. The van der Waals surface area contributed by atoms with Crippen LogP contribution in [0.2, 0.25) is 0 Å². The number of ether oxygens (including phenoxy) is 2. The molecule has 0 spiro atoms. The van der Waals surface area contributed by atoms with Gasteiger partial charge in [-0.1, -0.05) is 55.1 Å². The van der Waals surface area contributed by atoms with Crippen molar-refractivity contribution in [3.05, 3.63) is 107 Å². The number of nitrogens with zero attached hydrogens (tertiary/aromatic N) is 2. The average Bonchev–Trinajstić information content (AvgIpc) is 3.58. The largest absolute Gasteiger partial charge is 0.374 e. The van der Waals surface area contributed by atoms with Crippen LogP contribution >= 0.6 is 0 Å². The summed E-state index contributed by atoms with van der Waals surface area (Å²) < 4.78 is 12.4. The van der Waals surface area contributed by atoms with Crippen molar-refractivity contribution in [1.29, 1.82) is 0 Å². The lowest BCUT2D eigenvalue weighted by atomic mass is 9.90.